The molecule has 184 valence electrons. The van der Waals surface area contributed by atoms with Crippen molar-refractivity contribution in [2.45, 2.75) is 104 Å². The number of ether oxygens (including phenoxy) is 1. The van der Waals surface area contributed by atoms with E-state index in [0.717, 1.165) is 18.4 Å². The van der Waals surface area contributed by atoms with Gasteiger partial charge < -0.3 is 10.1 Å². The standard InChI is InChI=1S/C27H43N3O3/c1-4-5-6-7-8-9-10-11-12-13-14-15-16-17-26(31)28-25-21-27(32)30(29-25)23-19-18-22(2)24(20-23)33-3/h18-21,29H,4-17H2,1-3H3,(H,28,31). The quantitative estimate of drug-likeness (QED) is 0.254. The summed E-state index contributed by atoms with van der Waals surface area (Å²) in [5.74, 6) is 1.06. The number of rotatable bonds is 17. The van der Waals surface area contributed by atoms with Gasteiger partial charge in [0.2, 0.25) is 5.91 Å². The lowest BCUT2D eigenvalue weighted by atomic mass is 10.0. The van der Waals surface area contributed by atoms with Gasteiger partial charge in [-0.3, -0.25) is 14.7 Å². The molecule has 2 N–H and O–H groups in total. The molecule has 1 aromatic carbocycles. The summed E-state index contributed by atoms with van der Waals surface area (Å²) >= 11 is 0. The van der Waals surface area contributed by atoms with E-state index in [4.69, 9.17) is 4.74 Å². The molecule has 0 saturated heterocycles. The summed E-state index contributed by atoms with van der Waals surface area (Å²) in [7, 11) is 1.60. The molecule has 0 radical (unpaired) electrons. The first-order valence-corrected chi connectivity index (χ1v) is 12.8. The Morgan fingerprint density at radius 1 is 0.909 bits per heavy atom. The number of nitrogens with zero attached hydrogens (tertiary/aromatic N) is 1. The van der Waals surface area contributed by atoms with Gasteiger partial charge >= 0.3 is 0 Å². The number of H-pyrrole nitrogens is 1. The van der Waals surface area contributed by atoms with Crippen LogP contribution in [0.2, 0.25) is 0 Å². The molecule has 2 rings (SSSR count). The number of hydrogen-bond donors (Lipinski definition) is 2. The SMILES string of the molecule is CCCCCCCCCCCCCCCC(=O)Nc1cc(=O)n(-c2ccc(C)c(OC)c2)[nH]1. The molecular weight excluding hydrogens is 414 g/mol. The second-order valence-electron chi connectivity index (χ2n) is 9.04. The molecule has 0 aliphatic heterocycles. The highest BCUT2D eigenvalue weighted by Crippen LogP contribution is 2.21. The Hall–Kier alpha value is -2.50. The van der Waals surface area contributed by atoms with Crippen LogP contribution in [0.4, 0.5) is 5.82 Å². The van der Waals surface area contributed by atoms with Gasteiger partial charge in [-0.1, -0.05) is 90.0 Å². The number of nitrogens with one attached hydrogen (secondary N) is 2. The normalized spacial score (nSPS) is 11.0. The maximum Gasteiger partial charge on any atom is 0.273 e. The molecule has 1 heterocycles. The number of hydrogen-bond acceptors (Lipinski definition) is 3. The number of aromatic nitrogens is 2. The van der Waals surface area contributed by atoms with Gasteiger partial charge in [-0.15, -0.1) is 0 Å². The van der Waals surface area contributed by atoms with Crippen LogP contribution in [0.25, 0.3) is 5.69 Å². The number of unbranched alkanes of at least 4 members (excludes halogenated alkanes) is 12. The molecule has 6 nitrogen and oxygen atoms in total. The van der Waals surface area contributed by atoms with E-state index >= 15 is 0 Å². The molecule has 1 aromatic heterocycles. The lowest BCUT2D eigenvalue weighted by Gasteiger charge is -2.08. The van der Waals surface area contributed by atoms with Crippen molar-refractivity contribution < 1.29 is 9.53 Å². The fourth-order valence-corrected chi connectivity index (χ4v) is 4.12. The van der Waals surface area contributed by atoms with Crippen molar-refractivity contribution in [1.29, 1.82) is 0 Å². The number of amides is 1. The van der Waals surface area contributed by atoms with Crippen molar-refractivity contribution in [2.75, 3.05) is 12.4 Å². The predicted octanol–water partition coefficient (Wildman–Crippen LogP) is 6.90. The van der Waals surface area contributed by atoms with Crippen LogP contribution in [0.15, 0.2) is 29.1 Å². The Morgan fingerprint density at radius 3 is 2.06 bits per heavy atom. The topological polar surface area (TPSA) is 76.1 Å². The van der Waals surface area contributed by atoms with E-state index in [2.05, 4.69) is 17.3 Å². The van der Waals surface area contributed by atoms with Gasteiger partial charge in [-0.2, -0.15) is 0 Å². The minimum Gasteiger partial charge on any atom is -0.496 e. The van der Waals surface area contributed by atoms with Gasteiger partial charge in [-0.05, 0) is 25.0 Å². The Morgan fingerprint density at radius 2 is 1.48 bits per heavy atom. The van der Waals surface area contributed by atoms with E-state index in [-0.39, 0.29) is 11.5 Å². The summed E-state index contributed by atoms with van der Waals surface area (Å²) in [6.45, 7) is 4.21. The average Bonchev–Trinajstić information content (AvgIpc) is 3.17. The fourth-order valence-electron chi connectivity index (χ4n) is 4.12. The van der Waals surface area contributed by atoms with Crippen LogP contribution in [0.1, 0.15) is 102 Å². The molecule has 1 amide bonds. The summed E-state index contributed by atoms with van der Waals surface area (Å²) < 4.78 is 6.74. The number of aryl methyl sites for hydroxylation is 1. The third kappa shape index (κ3) is 9.89. The average molecular weight is 458 g/mol. The van der Waals surface area contributed by atoms with Crippen molar-refractivity contribution in [3.8, 4) is 11.4 Å². The molecule has 0 unspecified atom stereocenters. The second kappa shape index (κ2) is 15.4. The maximum atomic E-state index is 12.3. The van der Waals surface area contributed by atoms with E-state index in [1.165, 1.54) is 81.4 Å². The number of carbonyl (C=O) groups is 1. The van der Waals surface area contributed by atoms with Gasteiger partial charge in [0.25, 0.3) is 5.56 Å². The van der Waals surface area contributed by atoms with Crippen molar-refractivity contribution in [3.63, 3.8) is 0 Å². The van der Waals surface area contributed by atoms with Crippen molar-refractivity contribution in [2.24, 2.45) is 0 Å². The highest BCUT2D eigenvalue weighted by atomic mass is 16.5. The zero-order chi connectivity index (χ0) is 23.9. The lowest BCUT2D eigenvalue weighted by molar-refractivity contribution is -0.116. The van der Waals surface area contributed by atoms with Gasteiger partial charge in [0.15, 0.2) is 0 Å². The largest absolute Gasteiger partial charge is 0.496 e. The molecule has 0 fully saturated rings. The number of anilines is 1. The zero-order valence-corrected chi connectivity index (χ0v) is 20.9. The maximum absolute atomic E-state index is 12.3. The van der Waals surface area contributed by atoms with E-state index in [1.54, 1.807) is 13.2 Å². The first kappa shape index (κ1) is 26.7. The van der Waals surface area contributed by atoms with Crippen molar-refractivity contribution in [1.82, 2.24) is 9.78 Å². The van der Waals surface area contributed by atoms with Gasteiger partial charge in [0.05, 0.1) is 12.8 Å². The minimum atomic E-state index is -0.225. The van der Waals surface area contributed by atoms with E-state index in [9.17, 15) is 9.59 Å². The van der Waals surface area contributed by atoms with Crippen LogP contribution < -0.4 is 15.6 Å². The smallest absolute Gasteiger partial charge is 0.273 e. The van der Waals surface area contributed by atoms with Crippen LogP contribution in [0.5, 0.6) is 5.75 Å². The van der Waals surface area contributed by atoms with Crippen LogP contribution in [-0.4, -0.2) is 22.8 Å². The highest BCUT2D eigenvalue weighted by molar-refractivity contribution is 5.89. The minimum absolute atomic E-state index is 0.0621. The molecule has 6 heteroatoms. The Bertz CT molecular complexity index is 885. The summed E-state index contributed by atoms with van der Waals surface area (Å²) in [6, 6.07) is 6.95. The Labute approximate surface area is 199 Å². The van der Waals surface area contributed by atoms with Gasteiger partial charge in [-0.25, -0.2) is 4.68 Å². The summed E-state index contributed by atoms with van der Waals surface area (Å²) in [5.41, 5.74) is 1.43. The van der Waals surface area contributed by atoms with Crippen LogP contribution in [-0.2, 0) is 4.79 Å². The molecule has 0 aliphatic rings. The van der Waals surface area contributed by atoms with Crippen LogP contribution >= 0.6 is 0 Å². The number of benzene rings is 1. The molecule has 0 saturated carbocycles. The summed E-state index contributed by atoms with van der Waals surface area (Å²) in [6.07, 6.45) is 17.1. The molecular formula is C27H43N3O3. The zero-order valence-electron chi connectivity index (χ0n) is 20.9. The van der Waals surface area contributed by atoms with E-state index in [0.29, 0.717) is 23.7 Å². The molecule has 0 aliphatic carbocycles. The molecule has 0 spiro atoms. The van der Waals surface area contributed by atoms with Crippen LogP contribution in [0, 0.1) is 6.92 Å². The van der Waals surface area contributed by atoms with E-state index < -0.39 is 0 Å². The van der Waals surface area contributed by atoms with Gasteiger partial charge in [0, 0.05) is 18.6 Å². The summed E-state index contributed by atoms with van der Waals surface area (Å²) in [4.78, 5) is 24.6. The molecule has 0 atom stereocenters. The van der Waals surface area contributed by atoms with Crippen molar-refractivity contribution >= 4 is 11.7 Å². The van der Waals surface area contributed by atoms with Crippen molar-refractivity contribution in [3.05, 3.63) is 40.2 Å². The number of carbonyl (C=O) groups excluding carboxylic acids is 1. The third-order valence-corrected chi connectivity index (χ3v) is 6.15. The highest BCUT2D eigenvalue weighted by Gasteiger charge is 2.10. The second-order valence-corrected chi connectivity index (χ2v) is 9.04. The first-order valence-electron chi connectivity index (χ1n) is 12.8. The van der Waals surface area contributed by atoms with Crippen LogP contribution in [0.3, 0.4) is 0 Å². The summed E-state index contributed by atoms with van der Waals surface area (Å²) in [5, 5.41) is 5.77. The fraction of sp³-hybridized carbons (Fsp3) is 0.630. The Kier molecular flexibility index (Phi) is 12.4. The molecule has 0 bridgehead atoms. The monoisotopic (exact) mass is 457 g/mol. The third-order valence-electron chi connectivity index (χ3n) is 6.15. The molecule has 2 aromatic rings. The molecule has 33 heavy (non-hydrogen) atoms. The predicted molar refractivity (Wildman–Crippen MR) is 137 cm³/mol. The first-order chi connectivity index (χ1) is 16.0. The number of methoxy groups -OCH3 is 1. The lowest BCUT2D eigenvalue weighted by Crippen LogP contribution is -2.14. The number of aromatic amines is 1. The van der Waals surface area contributed by atoms with Gasteiger partial charge in [0.1, 0.15) is 11.6 Å². The van der Waals surface area contributed by atoms with E-state index in [1.807, 2.05) is 19.1 Å². The Balaban J connectivity index is 1.59.